The van der Waals surface area contributed by atoms with E-state index in [9.17, 15) is 4.79 Å². The van der Waals surface area contributed by atoms with Crippen LogP contribution in [0.2, 0.25) is 0 Å². The van der Waals surface area contributed by atoms with E-state index >= 15 is 0 Å². The zero-order valence-corrected chi connectivity index (χ0v) is 19.3. The predicted octanol–water partition coefficient (Wildman–Crippen LogP) is 4.78. The molecule has 1 amide bonds. The first-order valence-corrected chi connectivity index (χ1v) is 10.8. The van der Waals surface area contributed by atoms with Crippen LogP contribution >= 0.6 is 22.6 Å². The van der Waals surface area contributed by atoms with Gasteiger partial charge in [0.25, 0.3) is 5.91 Å². The smallest absolute Gasteiger partial charge is 0.277 e. The Morgan fingerprint density at radius 2 is 2.00 bits per heavy atom. The molecule has 1 N–H and O–H groups in total. The summed E-state index contributed by atoms with van der Waals surface area (Å²) >= 11 is 2.17. The molecule has 7 heteroatoms. The van der Waals surface area contributed by atoms with Crippen LogP contribution < -0.4 is 10.2 Å². The van der Waals surface area contributed by atoms with Crippen LogP contribution in [-0.2, 0) is 4.79 Å². The van der Waals surface area contributed by atoms with Crippen molar-refractivity contribution in [2.24, 2.45) is 5.10 Å². The van der Waals surface area contributed by atoms with Gasteiger partial charge < -0.3 is 9.30 Å². The number of amides is 1. The molecule has 0 unspecified atom stereocenters. The second-order valence-corrected chi connectivity index (χ2v) is 8.22. The summed E-state index contributed by atoms with van der Waals surface area (Å²) in [7, 11) is 0. The van der Waals surface area contributed by atoms with Gasteiger partial charge in [0.1, 0.15) is 5.75 Å². The highest BCUT2D eigenvalue weighted by atomic mass is 127. The number of hydrazone groups is 1. The number of para-hydroxylation sites is 1. The quantitative estimate of drug-likeness (QED) is 0.225. The van der Waals surface area contributed by atoms with E-state index in [0.717, 1.165) is 37.1 Å². The van der Waals surface area contributed by atoms with Gasteiger partial charge in [0.05, 0.1) is 15.3 Å². The molecule has 6 nitrogen and oxygen atoms in total. The van der Waals surface area contributed by atoms with Gasteiger partial charge in [-0.05, 0) is 78.9 Å². The number of hydrogen-bond donors (Lipinski definition) is 1. The number of aromatic nitrogens is 2. The maximum absolute atomic E-state index is 12.1. The normalized spacial score (nSPS) is 11.2. The highest BCUT2D eigenvalue weighted by Crippen LogP contribution is 2.23. The second-order valence-electron chi connectivity index (χ2n) is 7.05. The van der Waals surface area contributed by atoms with Crippen LogP contribution in [0.15, 0.2) is 72.0 Å². The number of benzene rings is 2. The van der Waals surface area contributed by atoms with Gasteiger partial charge >= 0.3 is 0 Å². The molecule has 2 aromatic heterocycles. The Morgan fingerprint density at radius 1 is 1.16 bits per heavy atom. The van der Waals surface area contributed by atoms with Gasteiger partial charge in [-0.15, -0.1) is 0 Å². The van der Waals surface area contributed by atoms with Crippen molar-refractivity contribution < 1.29 is 9.53 Å². The first-order chi connectivity index (χ1) is 15.0. The average molecular weight is 524 g/mol. The van der Waals surface area contributed by atoms with Crippen LogP contribution in [0.3, 0.4) is 0 Å². The molecule has 0 saturated carbocycles. The Labute approximate surface area is 194 Å². The number of ether oxygens (including phenoxy) is 1. The lowest BCUT2D eigenvalue weighted by Crippen LogP contribution is -2.24. The Morgan fingerprint density at radius 3 is 2.84 bits per heavy atom. The Kier molecular flexibility index (Phi) is 6.31. The topological polar surface area (TPSA) is 68.5 Å². The third kappa shape index (κ3) is 4.77. The van der Waals surface area contributed by atoms with Crippen LogP contribution in [0.25, 0.3) is 16.6 Å². The molecule has 4 aromatic rings. The van der Waals surface area contributed by atoms with Gasteiger partial charge in [0, 0.05) is 34.2 Å². The van der Waals surface area contributed by atoms with E-state index in [1.807, 2.05) is 56.3 Å². The van der Waals surface area contributed by atoms with Gasteiger partial charge in [0.15, 0.2) is 6.61 Å². The van der Waals surface area contributed by atoms with Crippen molar-refractivity contribution in [1.29, 1.82) is 0 Å². The molecule has 0 aliphatic carbocycles. The number of hydrogen-bond acceptors (Lipinski definition) is 4. The van der Waals surface area contributed by atoms with E-state index < -0.39 is 0 Å². The number of aryl methyl sites for hydroxylation is 1. The van der Waals surface area contributed by atoms with Gasteiger partial charge in [-0.3, -0.25) is 9.78 Å². The molecular weight excluding hydrogens is 503 g/mol. The number of nitrogens with zero attached hydrogens (tertiary/aromatic N) is 3. The number of carbonyl (C=O) groups excluding carboxylic acids is 1. The van der Waals surface area contributed by atoms with Crippen molar-refractivity contribution in [3.05, 3.63) is 87.4 Å². The van der Waals surface area contributed by atoms with Gasteiger partial charge in [-0.25, -0.2) is 5.43 Å². The van der Waals surface area contributed by atoms with Crippen LogP contribution in [0.1, 0.15) is 17.0 Å². The summed E-state index contributed by atoms with van der Waals surface area (Å²) in [5.74, 6) is 0.364. The SMILES string of the molecule is Cc1cc(/C=N/NC(=O)COc2ccccc2I)c(C)n1-c1ccc2ncccc2c1. The van der Waals surface area contributed by atoms with Crippen molar-refractivity contribution in [2.45, 2.75) is 13.8 Å². The molecule has 4 rings (SSSR count). The zero-order chi connectivity index (χ0) is 21.8. The van der Waals surface area contributed by atoms with Crippen molar-refractivity contribution in [3.8, 4) is 11.4 Å². The molecule has 0 aliphatic heterocycles. The number of carbonyl (C=O) groups is 1. The predicted molar refractivity (Wildman–Crippen MR) is 131 cm³/mol. The van der Waals surface area contributed by atoms with Crippen molar-refractivity contribution in [3.63, 3.8) is 0 Å². The maximum atomic E-state index is 12.1. The highest BCUT2D eigenvalue weighted by molar-refractivity contribution is 14.1. The van der Waals surface area contributed by atoms with Crippen molar-refractivity contribution in [1.82, 2.24) is 15.0 Å². The van der Waals surface area contributed by atoms with Crippen LogP contribution in [0.4, 0.5) is 0 Å². The van der Waals surface area contributed by atoms with Crippen LogP contribution in [0, 0.1) is 17.4 Å². The van der Waals surface area contributed by atoms with E-state index in [1.54, 1.807) is 12.4 Å². The standard InChI is InChI=1S/C24H21IN4O2/c1-16-12-19(14-27-28-24(30)15-31-23-8-4-3-7-21(23)25)17(2)29(16)20-9-10-22-18(13-20)6-5-11-26-22/h3-14H,15H2,1-2H3,(H,28,30)/b27-14+. The molecule has 0 radical (unpaired) electrons. The fourth-order valence-corrected chi connectivity index (χ4v) is 3.97. The van der Waals surface area contributed by atoms with E-state index in [-0.39, 0.29) is 12.5 Å². The number of nitrogens with one attached hydrogen (secondary N) is 1. The molecule has 2 heterocycles. The first-order valence-electron chi connectivity index (χ1n) is 9.76. The van der Waals surface area contributed by atoms with Crippen LogP contribution in [0.5, 0.6) is 5.75 Å². The molecule has 0 spiro atoms. The largest absolute Gasteiger partial charge is 0.483 e. The van der Waals surface area contributed by atoms with Gasteiger partial charge in [-0.1, -0.05) is 18.2 Å². The van der Waals surface area contributed by atoms with Crippen molar-refractivity contribution in [2.75, 3.05) is 6.61 Å². The lowest BCUT2D eigenvalue weighted by Gasteiger charge is -2.10. The maximum Gasteiger partial charge on any atom is 0.277 e. The van der Waals surface area contributed by atoms with Crippen molar-refractivity contribution >= 4 is 45.6 Å². The molecule has 156 valence electrons. The Bertz CT molecular complexity index is 1280. The lowest BCUT2D eigenvalue weighted by atomic mass is 10.2. The van der Waals surface area contributed by atoms with E-state index in [2.05, 4.69) is 60.9 Å². The third-order valence-corrected chi connectivity index (χ3v) is 5.79. The average Bonchev–Trinajstić information content (AvgIpc) is 3.06. The first kappa shape index (κ1) is 21.0. The molecule has 0 atom stereocenters. The third-order valence-electron chi connectivity index (χ3n) is 4.90. The number of pyridine rings is 1. The Hall–Kier alpha value is -3.20. The summed E-state index contributed by atoms with van der Waals surface area (Å²) in [6.07, 6.45) is 3.45. The number of halogens is 1. The lowest BCUT2D eigenvalue weighted by molar-refractivity contribution is -0.123. The highest BCUT2D eigenvalue weighted by Gasteiger charge is 2.10. The molecule has 0 saturated heterocycles. The number of rotatable bonds is 6. The second kappa shape index (κ2) is 9.30. The van der Waals surface area contributed by atoms with E-state index in [4.69, 9.17) is 4.74 Å². The van der Waals surface area contributed by atoms with E-state index in [0.29, 0.717) is 5.75 Å². The summed E-state index contributed by atoms with van der Waals surface area (Å²) in [6, 6.07) is 19.8. The molecule has 31 heavy (non-hydrogen) atoms. The molecule has 0 aliphatic rings. The molecular formula is C24H21IN4O2. The Balaban J connectivity index is 1.45. The van der Waals surface area contributed by atoms with Crippen LogP contribution in [-0.4, -0.2) is 28.3 Å². The summed E-state index contributed by atoms with van der Waals surface area (Å²) in [5, 5.41) is 5.19. The fourth-order valence-electron chi connectivity index (χ4n) is 3.43. The molecule has 0 fully saturated rings. The summed E-state index contributed by atoms with van der Waals surface area (Å²) in [4.78, 5) is 16.4. The minimum Gasteiger partial charge on any atom is -0.483 e. The molecule has 0 bridgehead atoms. The van der Waals surface area contributed by atoms with Gasteiger partial charge in [0.2, 0.25) is 0 Å². The molecule has 2 aromatic carbocycles. The van der Waals surface area contributed by atoms with Gasteiger partial charge in [-0.2, -0.15) is 5.10 Å². The minimum atomic E-state index is -0.313. The zero-order valence-electron chi connectivity index (χ0n) is 17.2. The summed E-state index contributed by atoms with van der Waals surface area (Å²) in [5.41, 5.74) is 7.60. The summed E-state index contributed by atoms with van der Waals surface area (Å²) < 4.78 is 8.65. The monoisotopic (exact) mass is 524 g/mol. The number of fused-ring (bicyclic) bond motifs is 1. The summed E-state index contributed by atoms with van der Waals surface area (Å²) in [6.45, 7) is 3.98. The van der Waals surface area contributed by atoms with E-state index in [1.165, 1.54) is 0 Å². The fraction of sp³-hybridized carbons (Fsp3) is 0.125. The minimum absolute atomic E-state index is 0.0957.